The van der Waals surface area contributed by atoms with Crippen LogP contribution >= 0.6 is 11.8 Å². The lowest BCUT2D eigenvalue weighted by Gasteiger charge is -2.29. The van der Waals surface area contributed by atoms with Gasteiger partial charge in [0, 0.05) is 49.0 Å². The number of hydrogen-bond acceptors (Lipinski definition) is 5. The van der Waals surface area contributed by atoms with Gasteiger partial charge in [0.25, 0.3) is 0 Å². The highest BCUT2D eigenvalue weighted by Gasteiger charge is 2.36. The Morgan fingerprint density at radius 3 is 2.85 bits per heavy atom. The van der Waals surface area contributed by atoms with E-state index in [9.17, 15) is 13.6 Å². The molecule has 33 heavy (non-hydrogen) atoms. The molecule has 1 N–H and O–H groups in total. The van der Waals surface area contributed by atoms with Crippen LogP contribution in [0.15, 0.2) is 56.4 Å². The summed E-state index contributed by atoms with van der Waals surface area (Å²) >= 11 is 1.51. The van der Waals surface area contributed by atoms with E-state index in [-0.39, 0.29) is 18.4 Å². The van der Waals surface area contributed by atoms with Gasteiger partial charge in [-0.2, -0.15) is 0 Å². The van der Waals surface area contributed by atoms with Crippen LogP contribution in [0.4, 0.5) is 8.78 Å². The Bertz CT molecular complexity index is 845. The van der Waals surface area contributed by atoms with Crippen LogP contribution in [0.5, 0.6) is 0 Å². The summed E-state index contributed by atoms with van der Waals surface area (Å²) in [5.41, 5.74) is 2.59. The molecule has 0 aromatic carbocycles. The Morgan fingerprint density at radius 1 is 1.39 bits per heavy atom. The number of allylic oxidation sites excluding steroid dienone is 3. The fraction of sp³-hybridized carbons (Fsp3) is 0.560. The molecule has 1 saturated heterocycles. The quantitative estimate of drug-likeness (QED) is 0.266. The minimum absolute atomic E-state index is 0.0420. The number of aliphatic imine (C=N–C) groups is 2. The van der Waals surface area contributed by atoms with Gasteiger partial charge in [-0.05, 0) is 24.8 Å². The maximum absolute atomic E-state index is 12.6. The zero-order chi connectivity index (χ0) is 24.2. The number of amides is 1. The topological polar surface area (TPSA) is 57.1 Å². The van der Waals surface area contributed by atoms with E-state index in [0.29, 0.717) is 31.6 Å². The Labute approximate surface area is 200 Å². The molecule has 2 rings (SSSR count). The fourth-order valence-electron chi connectivity index (χ4n) is 3.94. The van der Waals surface area contributed by atoms with Gasteiger partial charge in [0.15, 0.2) is 0 Å². The first-order valence-corrected chi connectivity index (χ1v) is 12.5. The molecule has 0 aromatic rings. The Balaban J connectivity index is 2.21. The molecule has 0 aliphatic carbocycles. The second-order valence-corrected chi connectivity index (χ2v) is 9.10. The van der Waals surface area contributed by atoms with Gasteiger partial charge in [-0.3, -0.25) is 14.8 Å². The number of nitrogens with zero attached hydrogens (tertiary/aromatic N) is 3. The van der Waals surface area contributed by atoms with Gasteiger partial charge in [0.2, 0.25) is 12.3 Å². The molecule has 1 unspecified atom stereocenters. The number of unbranched alkanes of at least 4 members (excludes halogenated alkanes) is 3. The minimum atomic E-state index is -2.39. The standard InChI is InChI=1S/C25H36F2N4OS/c1-5-7-8-9-13-24(32)30-19-15-22-20(21(28-4)11-10-12-23(26)27)16-29-25(31(22)17-19)18(3)33-14-6-2/h6,10-11,14,19,23H,3,5,7-9,12-13,15-17H2,1-2,4H3,(H,30,32)/b11-10-,14-6-,28-21+. The highest BCUT2D eigenvalue weighted by molar-refractivity contribution is 8.06. The van der Waals surface area contributed by atoms with Crippen molar-refractivity contribution in [2.45, 2.75) is 71.3 Å². The summed E-state index contributed by atoms with van der Waals surface area (Å²) in [6, 6.07) is -0.0420. The molecular weight excluding hydrogens is 442 g/mol. The highest BCUT2D eigenvalue weighted by atomic mass is 32.2. The summed E-state index contributed by atoms with van der Waals surface area (Å²) in [6.07, 6.45) is 7.78. The Morgan fingerprint density at radius 2 is 2.18 bits per heavy atom. The number of nitrogens with one attached hydrogen (secondary N) is 1. The number of amidine groups is 1. The van der Waals surface area contributed by atoms with E-state index >= 15 is 0 Å². The largest absolute Gasteiger partial charge is 0.351 e. The van der Waals surface area contributed by atoms with Crippen molar-refractivity contribution >= 4 is 29.2 Å². The van der Waals surface area contributed by atoms with Crippen LogP contribution in [-0.2, 0) is 4.79 Å². The summed E-state index contributed by atoms with van der Waals surface area (Å²) < 4.78 is 25.2. The number of thioether (sulfide) groups is 1. The minimum Gasteiger partial charge on any atom is -0.351 e. The van der Waals surface area contributed by atoms with Crippen LogP contribution in [0.2, 0.25) is 0 Å². The number of rotatable bonds is 13. The summed E-state index contributed by atoms with van der Waals surface area (Å²) in [7, 11) is 1.66. The Kier molecular flexibility index (Phi) is 11.6. The van der Waals surface area contributed by atoms with Crippen molar-refractivity contribution in [3.05, 3.63) is 46.4 Å². The molecule has 0 saturated carbocycles. The average molecular weight is 479 g/mol. The van der Waals surface area contributed by atoms with Crippen molar-refractivity contribution in [3.63, 3.8) is 0 Å². The number of hydrogen-bond donors (Lipinski definition) is 1. The molecule has 0 bridgehead atoms. The van der Waals surface area contributed by atoms with Gasteiger partial charge >= 0.3 is 0 Å². The fourth-order valence-corrected chi connectivity index (χ4v) is 4.52. The highest BCUT2D eigenvalue weighted by Crippen LogP contribution is 2.34. The molecule has 0 spiro atoms. The number of carbonyl (C=O) groups excluding carboxylic acids is 1. The average Bonchev–Trinajstić information content (AvgIpc) is 3.20. The normalized spacial score (nSPS) is 19.1. The monoisotopic (exact) mass is 478 g/mol. The summed E-state index contributed by atoms with van der Waals surface area (Å²) in [6.45, 7) is 9.29. The van der Waals surface area contributed by atoms with E-state index in [4.69, 9.17) is 4.99 Å². The van der Waals surface area contributed by atoms with Crippen molar-refractivity contribution < 1.29 is 13.6 Å². The molecule has 0 aromatic heterocycles. The van der Waals surface area contributed by atoms with Gasteiger partial charge in [-0.15, -0.1) is 0 Å². The van der Waals surface area contributed by atoms with Crippen LogP contribution in [0.25, 0.3) is 0 Å². The summed E-state index contributed by atoms with van der Waals surface area (Å²) in [4.78, 5) is 24.5. The molecule has 1 atom stereocenters. The first kappa shape index (κ1) is 27.0. The van der Waals surface area contributed by atoms with E-state index in [0.717, 1.165) is 47.7 Å². The maximum atomic E-state index is 12.6. The van der Waals surface area contributed by atoms with Crippen molar-refractivity contribution in [1.29, 1.82) is 0 Å². The van der Waals surface area contributed by atoms with E-state index in [2.05, 4.69) is 28.7 Å². The third kappa shape index (κ3) is 8.25. The molecule has 1 amide bonds. The predicted molar refractivity (Wildman–Crippen MR) is 136 cm³/mol. The number of alkyl halides is 2. The van der Waals surface area contributed by atoms with Crippen LogP contribution in [0.3, 0.4) is 0 Å². The van der Waals surface area contributed by atoms with Gasteiger partial charge < -0.3 is 10.2 Å². The lowest BCUT2D eigenvalue weighted by molar-refractivity contribution is -0.121. The van der Waals surface area contributed by atoms with Crippen LogP contribution in [0.1, 0.15) is 58.8 Å². The van der Waals surface area contributed by atoms with Gasteiger partial charge in [0.05, 0.1) is 18.3 Å². The van der Waals surface area contributed by atoms with Crippen LogP contribution < -0.4 is 5.32 Å². The second-order valence-electron chi connectivity index (χ2n) is 8.10. The smallest absolute Gasteiger partial charge is 0.242 e. The summed E-state index contributed by atoms with van der Waals surface area (Å²) in [5.74, 6) is 0.864. The van der Waals surface area contributed by atoms with Gasteiger partial charge in [-0.25, -0.2) is 8.78 Å². The van der Waals surface area contributed by atoms with E-state index in [1.54, 1.807) is 13.1 Å². The molecule has 1 fully saturated rings. The van der Waals surface area contributed by atoms with E-state index in [1.807, 2.05) is 18.4 Å². The molecular formula is C25H36F2N4OS. The summed E-state index contributed by atoms with van der Waals surface area (Å²) in [5, 5.41) is 5.13. The van der Waals surface area contributed by atoms with Crippen LogP contribution in [0, 0.1) is 0 Å². The van der Waals surface area contributed by atoms with Gasteiger partial charge in [0.1, 0.15) is 5.84 Å². The lowest BCUT2D eigenvalue weighted by Crippen LogP contribution is -2.39. The molecule has 182 valence electrons. The van der Waals surface area contributed by atoms with E-state index < -0.39 is 6.43 Å². The van der Waals surface area contributed by atoms with E-state index in [1.165, 1.54) is 17.8 Å². The first-order chi connectivity index (χ1) is 15.9. The van der Waals surface area contributed by atoms with Crippen molar-refractivity contribution in [2.24, 2.45) is 9.98 Å². The lowest BCUT2D eigenvalue weighted by atomic mass is 10.0. The molecule has 2 aliphatic heterocycles. The number of carbonyl (C=O) groups is 1. The molecule has 0 radical (unpaired) electrons. The third-order valence-corrected chi connectivity index (χ3v) is 6.39. The van der Waals surface area contributed by atoms with Crippen molar-refractivity contribution in [3.8, 4) is 0 Å². The first-order valence-electron chi connectivity index (χ1n) is 11.6. The molecule has 8 heteroatoms. The Hall–Kier alpha value is -2.22. The zero-order valence-electron chi connectivity index (χ0n) is 19.9. The zero-order valence-corrected chi connectivity index (χ0v) is 20.8. The third-order valence-electron chi connectivity index (χ3n) is 5.52. The van der Waals surface area contributed by atoms with Crippen LogP contribution in [-0.4, -0.2) is 55.0 Å². The number of halogens is 2. The molecule has 2 aliphatic rings. The molecule has 2 heterocycles. The van der Waals surface area contributed by atoms with Crippen molar-refractivity contribution in [2.75, 3.05) is 20.1 Å². The second kappa shape index (κ2) is 14.1. The SMILES string of the molecule is C=C(S/C=C\C)C1=NCC(C(/C=C\CC(F)F)=N/C)=C2CC(NC(=O)CCCCCC)CN12. The predicted octanol–water partition coefficient (Wildman–Crippen LogP) is 5.88. The van der Waals surface area contributed by atoms with Crippen molar-refractivity contribution in [1.82, 2.24) is 10.2 Å². The van der Waals surface area contributed by atoms with Gasteiger partial charge in [-0.1, -0.05) is 56.7 Å². The number of fused-ring (bicyclic) bond motifs is 1. The molecule has 5 nitrogen and oxygen atoms in total. The maximum Gasteiger partial charge on any atom is 0.242 e.